The second-order valence-electron chi connectivity index (χ2n) is 7.20. The van der Waals surface area contributed by atoms with E-state index in [0.29, 0.717) is 12.1 Å². The normalized spacial score (nSPS) is 18.1. The first-order chi connectivity index (χ1) is 12.5. The van der Waals surface area contributed by atoms with E-state index >= 15 is 0 Å². The number of halogens is 1. The van der Waals surface area contributed by atoms with Gasteiger partial charge in [-0.05, 0) is 38.1 Å². The number of carbonyl (C=O) groups excluding carboxylic acids is 1. The van der Waals surface area contributed by atoms with Gasteiger partial charge in [-0.2, -0.15) is 0 Å². The topological polar surface area (TPSA) is 84.5 Å². The Morgan fingerprint density at radius 2 is 1.93 bits per heavy atom. The van der Waals surface area contributed by atoms with Crippen LogP contribution in [0, 0.1) is 0 Å². The molecule has 0 spiro atoms. The number of ether oxygens (including phenoxy) is 1. The van der Waals surface area contributed by atoms with Crippen molar-refractivity contribution in [1.82, 2.24) is 5.32 Å². The minimum Gasteiger partial charge on any atom is -0.487 e. The van der Waals surface area contributed by atoms with E-state index in [4.69, 9.17) is 16.3 Å². The molecule has 1 heterocycles. The van der Waals surface area contributed by atoms with Crippen molar-refractivity contribution in [3.8, 4) is 5.75 Å². The number of fused-ring (bicyclic) bond motifs is 1. The molecule has 1 amide bonds. The lowest BCUT2D eigenvalue weighted by atomic mass is 9.89. The summed E-state index contributed by atoms with van der Waals surface area (Å²) in [7, 11) is -3.42. The summed E-state index contributed by atoms with van der Waals surface area (Å²) >= 11 is 6.21. The molecule has 144 valence electrons. The van der Waals surface area contributed by atoms with Crippen LogP contribution in [0.15, 0.2) is 42.5 Å². The zero-order valence-corrected chi connectivity index (χ0v) is 16.8. The molecule has 2 aromatic rings. The molecule has 3 rings (SSSR count). The van der Waals surface area contributed by atoms with Crippen LogP contribution in [0.3, 0.4) is 0 Å². The molecule has 2 N–H and O–H groups in total. The lowest BCUT2D eigenvalue weighted by molar-refractivity contribution is 0.0620. The van der Waals surface area contributed by atoms with Crippen LogP contribution >= 0.6 is 11.6 Å². The molecule has 0 radical (unpaired) electrons. The molecule has 0 saturated carbocycles. The predicted molar refractivity (Wildman–Crippen MR) is 106 cm³/mol. The van der Waals surface area contributed by atoms with Crippen LogP contribution in [-0.2, 0) is 10.0 Å². The number of para-hydroxylation sites is 1. The molecule has 0 saturated heterocycles. The first kappa shape index (κ1) is 19.5. The van der Waals surface area contributed by atoms with Crippen molar-refractivity contribution in [2.45, 2.75) is 31.9 Å². The number of sulfonamides is 1. The third-order valence-electron chi connectivity index (χ3n) is 4.20. The highest BCUT2D eigenvalue weighted by molar-refractivity contribution is 7.92. The Morgan fingerprint density at radius 1 is 1.22 bits per heavy atom. The smallest absolute Gasteiger partial charge is 0.253 e. The van der Waals surface area contributed by atoms with Gasteiger partial charge in [0.25, 0.3) is 5.91 Å². The molecule has 0 fully saturated rings. The van der Waals surface area contributed by atoms with E-state index in [-0.39, 0.29) is 22.5 Å². The van der Waals surface area contributed by atoms with Gasteiger partial charge in [-0.15, -0.1) is 0 Å². The SMILES string of the molecule is CC1(C)C[C@@H](NC(=O)c2ccc(NS(C)(=O)=O)cc2Cl)c2ccccc2O1. The van der Waals surface area contributed by atoms with Gasteiger partial charge in [-0.1, -0.05) is 29.8 Å². The van der Waals surface area contributed by atoms with E-state index in [9.17, 15) is 13.2 Å². The van der Waals surface area contributed by atoms with Gasteiger partial charge in [-0.3, -0.25) is 9.52 Å². The van der Waals surface area contributed by atoms with Crippen LogP contribution in [0.1, 0.15) is 42.2 Å². The van der Waals surface area contributed by atoms with Gasteiger partial charge in [0.15, 0.2) is 0 Å². The third-order valence-corrected chi connectivity index (χ3v) is 5.12. The summed E-state index contributed by atoms with van der Waals surface area (Å²) in [5, 5.41) is 3.18. The second kappa shape index (κ2) is 7.05. The number of hydrogen-bond acceptors (Lipinski definition) is 4. The van der Waals surface area contributed by atoms with Crippen molar-refractivity contribution >= 4 is 33.2 Å². The fourth-order valence-electron chi connectivity index (χ4n) is 3.14. The molecule has 27 heavy (non-hydrogen) atoms. The number of benzene rings is 2. The summed E-state index contributed by atoms with van der Waals surface area (Å²) in [6.45, 7) is 3.95. The van der Waals surface area contributed by atoms with Crippen LogP contribution < -0.4 is 14.8 Å². The summed E-state index contributed by atoms with van der Waals surface area (Å²) in [5.41, 5.74) is 1.07. The second-order valence-corrected chi connectivity index (χ2v) is 9.35. The van der Waals surface area contributed by atoms with Crippen molar-refractivity contribution in [1.29, 1.82) is 0 Å². The molecule has 0 unspecified atom stereocenters. The quantitative estimate of drug-likeness (QED) is 0.806. The fourth-order valence-corrected chi connectivity index (χ4v) is 3.97. The zero-order chi connectivity index (χ0) is 19.8. The minimum atomic E-state index is -3.42. The molecule has 0 aromatic heterocycles. The Hall–Kier alpha value is -2.25. The average Bonchev–Trinajstić information content (AvgIpc) is 2.52. The van der Waals surface area contributed by atoms with Gasteiger partial charge in [-0.25, -0.2) is 8.42 Å². The molecule has 0 bridgehead atoms. The number of rotatable bonds is 4. The molecule has 2 aromatic carbocycles. The number of carbonyl (C=O) groups is 1. The van der Waals surface area contributed by atoms with Crippen molar-refractivity contribution in [2.24, 2.45) is 0 Å². The Bertz CT molecular complexity index is 989. The van der Waals surface area contributed by atoms with Gasteiger partial charge in [0, 0.05) is 17.7 Å². The highest BCUT2D eigenvalue weighted by atomic mass is 35.5. The maximum Gasteiger partial charge on any atom is 0.253 e. The summed E-state index contributed by atoms with van der Waals surface area (Å²) < 4.78 is 31.0. The summed E-state index contributed by atoms with van der Waals surface area (Å²) in [6.07, 6.45) is 1.66. The van der Waals surface area contributed by atoms with Crippen molar-refractivity contribution in [3.63, 3.8) is 0 Å². The maximum atomic E-state index is 12.8. The summed E-state index contributed by atoms with van der Waals surface area (Å²) in [5.74, 6) is 0.418. The molecule has 6 nitrogen and oxygen atoms in total. The van der Waals surface area contributed by atoms with Gasteiger partial charge in [0.1, 0.15) is 11.4 Å². The van der Waals surface area contributed by atoms with Crippen LogP contribution in [0.4, 0.5) is 5.69 Å². The lowest BCUT2D eigenvalue weighted by Gasteiger charge is -2.37. The van der Waals surface area contributed by atoms with Gasteiger partial charge in [0.05, 0.1) is 22.9 Å². The van der Waals surface area contributed by atoms with Crippen LogP contribution in [0.5, 0.6) is 5.75 Å². The minimum absolute atomic E-state index is 0.167. The standard InChI is InChI=1S/C19H21ClN2O4S/c1-19(2)11-16(14-6-4-5-7-17(14)26-19)21-18(23)13-9-8-12(10-15(13)20)22-27(3,24)25/h4-10,16,22H,11H2,1-3H3,(H,21,23)/t16-/m1/s1. The van der Waals surface area contributed by atoms with Gasteiger partial charge < -0.3 is 10.1 Å². The molecule has 1 aliphatic heterocycles. The predicted octanol–water partition coefficient (Wildman–Crippen LogP) is 3.74. The van der Waals surface area contributed by atoms with Crippen molar-refractivity contribution in [2.75, 3.05) is 11.0 Å². The van der Waals surface area contributed by atoms with Gasteiger partial charge >= 0.3 is 0 Å². The zero-order valence-electron chi connectivity index (χ0n) is 15.2. The van der Waals surface area contributed by atoms with E-state index in [0.717, 1.165) is 17.6 Å². The van der Waals surface area contributed by atoms with Crippen LogP contribution in [0.25, 0.3) is 0 Å². The average molecular weight is 409 g/mol. The lowest BCUT2D eigenvalue weighted by Crippen LogP contribution is -2.41. The number of anilines is 1. The summed E-state index contributed by atoms with van der Waals surface area (Å²) in [6, 6.07) is 11.8. The van der Waals surface area contributed by atoms with Crippen molar-refractivity contribution in [3.05, 3.63) is 58.6 Å². The Kier molecular flexibility index (Phi) is 5.10. The first-order valence-corrected chi connectivity index (χ1v) is 10.7. The molecule has 0 aliphatic carbocycles. The largest absolute Gasteiger partial charge is 0.487 e. The Labute approximate surface area is 163 Å². The van der Waals surface area contributed by atoms with Crippen LogP contribution in [0.2, 0.25) is 5.02 Å². The third kappa shape index (κ3) is 4.73. The maximum absolute atomic E-state index is 12.8. The van der Waals surface area contributed by atoms with E-state index < -0.39 is 15.6 Å². The monoisotopic (exact) mass is 408 g/mol. The van der Waals surface area contributed by atoms with E-state index in [1.807, 2.05) is 38.1 Å². The van der Waals surface area contributed by atoms with Crippen LogP contribution in [-0.4, -0.2) is 26.2 Å². The fraction of sp³-hybridized carbons (Fsp3) is 0.316. The molecule has 1 atom stereocenters. The van der Waals surface area contributed by atoms with E-state index in [2.05, 4.69) is 10.0 Å². The van der Waals surface area contributed by atoms with Gasteiger partial charge in [0.2, 0.25) is 10.0 Å². The number of amides is 1. The van der Waals surface area contributed by atoms with E-state index in [1.54, 1.807) is 0 Å². The van der Waals surface area contributed by atoms with E-state index in [1.165, 1.54) is 18.2 Å². The highest BCUT2D eigenvalue weighted by Gasteiger charge is 2.34. The highest BCUT2D eigenvalue weighted by Crippen LogP contribution is 2.39. The van der Waals surface area contributed by atoms with Crippen molar-refractivity contribution < 1.29 is 17.9 Å². The number of nitrogens with one attached hydrogen (secondary N) is 2. The molecule has 8 heteroatoms. The Morgan fingerprint density at radius 3 is 2.59 bits per heavy atom. The molecular formula is C19H21ClN2O4S. The summed E-state index contributed by atoms with van der Waals surface area (Å²) in [4.78, 5) is 12.8. The Balaban J connectivity index is 1.83. The molecular weight excluding hydrogens is 388 g/mol. The molecule has 1 aliphatic rings. The number of hydrogen-bond donors (Lipinski definition) is 2. The first-order valence-electron chi connectivity index (χ1n) is 8.40.